The minimum atomic E-state index is 0.769. The SMILES string of the molecule is Cc1ccc(CNc2ccccc2-n2cnnn2)c(C)c1. The average Bonchev–Trinajstić information content (AvgIpc) is 3.01. The summed E-state index contributed by atoms with van der Waals surface area (Å²) < 4.78 is 1.66. The molecule has 0 saturated heterocycles. The Labute approximate surface area is 123 Å². The van der Waals surface area contributed by atoms with E-state index >= 15 is 0 Å². The maximum Gasteiger partial charge on any atom is 0.143 e. The molecule has 0 bridgehead atoms. The topological polar surface area (TPSA) is 55.6 Å². The van der Waals surface area contributed by atoms with Crippen LogP contribution in [0.1, 0.15) is 16.7 Å². The van der Waals surface area contributed by atoms with Gasteiger partial charge in [0.2, 0.25) is 0 Å². The number of nitrogens with one attached hydrogen (secondary N) is 1. The van der Waals surface area contributed by atoms with Crippen molar-refractivity contribution in [2.24, 2.45) is 0 Å². The number of tetrazole rings is 1. The molecule has 1 N–H and O–H groups in total. The van der Waals surface area contributed by atoms with Crippen molar-refractivity contribution in [3.8, 4) is 5.69 Å². The second kappa shape index (κ2) is 5.75. The van der Waals surface area contributed by atoms with Crippen molar-refractivity contribution in [1.82, 2.24) is 20.2 Å². The number of aryl methyl sites for hydroxylation is 2. The molecule has 0 atom stereocenters. The fraction of sp³-hybridized carbons (Fsp3) is 0.188. The molecule has 3 rings (SSSR count). The van der Waals surface area contributed by atoms with Crippen LogP contribution in [0.3, 0.4) is 0 Å². The van der Waals surface area contributed by atoms with E-state index in [1.807, 2.05) is 24.3 Å². The van der Waals surface area contributed by atoms with Crippen molar-refractivity contribution in [3.05, 3.63) is 65.5 Å². The van der Waals surface area contributed by atoms with Crippen molar-refractivity contribution in [1.29, 1.82) is 0 Å². The first-order chi connectivity index (χ1) is 10.2. The van der Waals surface area contributed by atoms with Crippen LogP contribution in [0.5, 0.6) is 0 Å². The smallest absolute Gasteiger partial charge is 0.143 e. The third kappa shape index (κ3) is 2.91. The molecule has 0 fully saturated rings. The van der Waals surface area contributed by atoms with E-state index in [1.54, 1.807) is 11.0 Å². The molecule has 5 heteroatoms. The minimum Gasteiger partial charge on any atom is -0.379 e. The van der Waals surface area contributed by atoms with Crippen molar-refractivity contribution in [3.63, 3.8) is 0 Å². The zero-order valence-electron chi connectivity index (χ0n) is 12.1. The third-order valence-corrected chi connectivity index (χ3v) is 3.47. The molecule has 3 aromatic rings. The zero-order valence-corrected chi connectivity index (χ0v) is 12.1. The third-order valence-electron chi connectivity index (χ3n) is 3.47. The first-order valence-corrected chi connectivity index (χ1v) is 6.86. The molecule has 5 nitrogen and oxygen atoms in total. The van der Waals surface area contributed by atoms with E-state index in [-0.39, 0.29) is 0 Å². The van der Waals surface area contributed by atoms with Crippen molar-refractivity contribution in [2.75, 3.05) is 5.32 Å². The molecule has 1 heterocycles. The van der Waals surface area contributed by atoms with E-state index in [9.17, 15) is 0 Å². The van der Waals surface area contributed by atoms with Gasteiger partial charge in [-0.1, -0.05) is 35.9 Å². The van der Waals surface area contributed by atoms with Crippen LogP contribution in [0.15, 0.2) is 48.8 Å². The molecule has 0 aliphatic rings. The highest BCUT2D eigenvalue weighted by molar-refractivity contribution is 5.60. The summed E-state index contributed by atoms with van der Waals surface area (Å²) in [6, 6.07) is 14.5. The number of benzene rings is 2. The molecule has 21 heavy (non-hydrogen) atoms. The van der Waals surface area contributed by atoms with E-state index < -0.39 is 0 Å². The van der Waals surface area contributed by atoms with Gasteiger partial charge in [0.15, 0.2) is 0 Å². The standard InChI is InChI=1S/C16H17N5/c1-12-7-8-14(13(2)9-12)10-17-15-5-3-4-6-16(15)21-11-18-19-20-21/h3-9,11,17H,10H2,1-2H3. The lowest BCUT2D eigenvalue weighted by Gasteiger charge is -2.13. The molecule has 0 amide bonds. The fourth-order valence-corrected chi connectivity index (χ4v) is 2.33. The monoisotopic (exact) mass is 279 g/mol. The zero-order chi connectivity index (χ0) is 14.7. The molecule has 0 spiro atoms. The Hall–Kier alpha value is -2.69. The van der Waals surface area contributed by atoms with Gasteiger partial charge < -0.3 is 5.32 Å². The summed E-state index contributed by atoms with van der Waals surface area (Å²) in [6.45, 7) is 5.01. The van der Waals surface area contributed by atoms with Crippen LogP contribution in [-0.2, 0) is 6.54 Å². The number of rotatable bonds is 4. The predicted molar refractivity (Wildman–Crippen MR) is 82.4 cm³/mol. The first kappa shape index (κ1) is 13.3. The Bertz CT molecular complexity index is 734. The fourth-order valence-electron chi connectivity index (χ4n) is 2.33. The lowest BCUT2D eigenvalue weighted by atomic mass is 10.1. The van der Waals surface area contributed by atoms with Crippen LogP contribution in [-0.4, -0.2) is 20.2 Å². The van der Waals surface area contributed by atoms with Crippen molar-refractivity contribution >= 4 is 5.69 Å². The predicted octanol–water partition coefficient (Wildman–Crippen LogP) is 2.89. The summed E-state index contributed by atoms with van der Waals surface area (Å²) in [5.74, 6) is 0. The van der Waals surface area contributed by atoms with E-state index in [2.05, 4.69) is 52.9 Å². The quantitative estimate of drug-likeness (QED) is 0.798. The number of anilines is 1. The van der Waals surface area contributed by atoms with Crippen LogP contribution in [0.2, 0.25) is 0 Å². The summed E-state index contributed by atoms with van der Waals surface area (Å²) in [5, 5.41) is 14.8. The molecule has 0 unspecified atom stereocenters. The molecular formula is C16H17N5. The van der Waals surface area contributed by atoms with Crippen LogP contribution < -0.4 is 5.32 Å². The van der Waals surface area contributed by atoms with Crippen LogP contribution in [0.25, 0.3) is 5.69 Å². The first-order valence-electron chi connectivity index (χ1n) is 6.86. The maximum atomic E-state index is 3.95. The largest absolute Gasteiger partial charge is 0.379 e. The van der Waals surface area contributed by atoms with Gasteiger partial charge in [0.05, 0.1) is 11.4 Å². The number of hydrogen-bond donors (Lipinski definition) is 1. The highest BCUT2D eigenvalue weighted by atomic mass is 15.5. The summed E-state index contributed by atoms with van der Waals surface area (Å²) in [5.41, 5.74) is 5.80. The Kier molecular flexibility index (Phi) is 3.64. The number of hydrogen-bond acceptors (Lipinski definition) is 4. The van der Waals surface area contributed by atoms with E-state index in [0.29, 0.717) is 0 Å². The Morgan fingerprint density at radius 3 is 2.71 bits per heavy atom. The summed E-state index contributed by atoms with van der Waals surface area (Å²) >= 11 is 0. The van der Waals surface area contributed by atoms with Gasteiger partial charge in [0.1, 0.15) is 6.33 Å². The average molecular weight is 279 g/mol. The number of nitrogens with zero attached hydrogens (tertiary/aromatic N) is 4. The van der Waals surface area contributed by atoms with E-state index in [4.69, 9.17) is 0 Å². The number of aromatic nitrogens is 4. The van der Waals surface area contributed by atoms with Gasteiger partial charge in [-0.25, -0.2) is 0 Å². The van der Waals surface area contributed by atoms with Gasteiger partial charge in [-0.05, 0) is 47.5 Å². The molecule has 106 valence electrons. The van der Waals surface area contributed by atoms with Gasteiger partial charge in [-0.2, -0.15) is 4.68 Å². The molecule has 2 aromatic carbocycles. The molecular weight excluding hydrogens is 262 g/mol. The Morgan fingerprint density at radius 1 is 1.10 bits per heavy atom. The Morgan fingerprint density at radius 2 is 1.95 bits per heavy atom. The van der Waals surface area contributed by atoms with Crippen molar-refractivity contribution < 1.29 is 0 Å². The minimum absolute atomic E-state index is 0.769. The molecule has 0 aliphatic carbocycles. The number of para-hydroxylation sites is 2. The molecule has 1 aromatic heterocycles. The van der Waals surface area contributed by atoms with Crippen LogP contribution >= 0.6 is 0 Å². The molecule has 0 saturated carbocycles. The van der Waals surface area contributed by atoms with Gasteiger partial charge in [-0.3, -0.25) is 0 Å². The van der Waals surface area contributed by atoms with E-state index in [1.165, 1.54) is 16.7 Å². The van der Waals surface area contributed by atoms with Crippen LogP contribution in [0, 0.1) is 13.8 Å². The van der Waals surface area contributed by atoms with Crippen molar-refractivity contribution in [2.45, 2.75) is 20.4 Å². The molecule has 0 radical (unpaired) electrons. The lowest BCUT2D eigenvalue weighted by molar-refractivity contribution is 0.789. The van der Waals surface area contributed by atoms with Gasteiger partial charge >= 0.3 is 0 Å². The van der Waals surface area contributed by atoms with Gasteiger partial charge in [-0.15, -0.1) is 5.10 Å². The van der Waals surface area contributed by atoms with Crippen LogP contribution in [0.4, 0.5) is 5.69 Å². The summed E-state index contributed by atoms with van der Waals surface area (Å²) in [6.07, 6.45) is 1.59. The second-order valence-electron chi connectivity index (χ2n) is 5.06. The normalized spacial score (nSPS) is 10.6. The molecule has 0 aliphatic heterocycles. The van der Waals surface area contributed by atoms with Gasteiger partial charge in [0.25, 0.3) is 0 Å². The highest BCUT2D eigenvalue weighted by Crippen LogP contribution is 2.20. The lowest BCUT2D eigenvalue weighted by Crippen LogP contribution is -2.06. The maximum absolute atomic E-state index is 3.95. The highest BCUT2D eigenvalue weighted by Gasteiger charge is 2.05. The van der Waals surface area contributed by atoms with Gasteiger partial charge in [0, 0.05) is 6.54 Å². The summed E-state index contributed by atoms with van der Waals surface area (Å²) in [7, 11) is 0. The second-order valence-corrected chi connectivity index (χ2v) is 5.06. The summed E-state index contributed by atoms with van der Waals surface area (Å²) in [4.78, 5) is 0. The van der Waals surface area contributed by atoms with E-state index in [0.717, 1.165) is 17.9 Å². The Balaban J connectivity index is 1.83.